The van der Waals surface area contributed by atoms with Gasteiger partial charge in [-0.2, -0.15) is 11.8 Å². The minimum absolute atomic E-state index is 0.0765. The van der Waals surface area contributed by atoms with Gasteiger partial charge >= 0.3 is 17.9 Å². The van der Waals surface area contributed by atoms with Gasteiger partial charge in [0, 0.05) is 24.3 Å². The van der Waals surface area contributed by atoms with Crippen LogP contribution in [0.5, 0.6) is 0 Å². The zero-order chi connectivity index (χ0) is 26.2. The average molecular weight is 518 g/mol. The van der Waals surface area contributed by atoms with Crippen molar-refractivity contribution in [3.05, 3.63) is 0 Å². The lowest BCUT2D eigenvalue weighted by Gasteiger charge is -2.17. The van der Waals surface area contributed by atoms with Crippen molar-refractivity contribution in [1.29, 1.82) is 0 Å². The van der Waals surface area contributed by atoms with Crippen molar-refractivity contribution in [2.45, 2.75) is 110 Å². The first-order valence-corrected chi connectivity index (χ1v) is 14.3. The number of rotatable bonds is 23. The monoisotopic (exact) mass is 517 g/mol. The van der Waals surface area contributed by atoms with Gasteiger partial charge in [0.25, 0.3) is 0 Å². The number of esters is 3. The number of carbonyl (C=O) groups is 4. The van der Waals surface area contributed by atoms with E-state index >= 15 is 0 Å². The number of nitrogens with one attached hydrogen (secondary N) is 1. The topological polar surface area (TPSA) is 108 Å². The van der Waals surface area contributed by atoms with E-state index in [2.05, 4.69) is 17.0 Å². The zero-order valence-electron chi connectivity index (χ0n) is 22.1. The summed E-state index contributed by atoms with van der Waals surface area (Å²) in [4.78, 5) is 46.8. The molecule has 0 aromatic heterocycles. The van der Waals surface area contributed by atoms with Crippen LogP contribution in [0.15, 0.2) is 0 Å². The molecule has 0 rings (SSSR count). The fraction of sp³-hybridized carbons (Fsp3) is 0.846. The van der Waals surface area contributed by atoms with Crippen LogP contribution in [-0.4, -0.2) is 61.7 Å². The molecule has 1 unspecified atom stereocenters. The third-order valence-electron chi connectivity index (χ3n) is 5.40. The minimum Gasteiger partial charge on any atom is -0.468 e. The Bertz CT molecular complexity index is 586. The van der Waals surface area contributed by atoms with E-state index in [-0.39, 0.29) is 43.8 Å². The molecule has 0 radical (unpaired) electrons. The number of hydrogen-bond donors (Lipinski definition) is 1. The lowest BCUT2D eigenvalue weighted by atomic mass is 10.0. The Hall–Kier alpha value is -1.77. The van der Waals surface area contributed by atoms with E-state index in [1.165, 1.54) is 63.8 Å². The third kappa shape index (κ3) is 22.4. The summed E-state index contributed by atoms with van der Waals surface area (Å²) in [6, 6.07) is 0. The van der Waals surface area contributed by atoms with Crippen molar-refractivity contribution < 1.29 is 33.4 Å². The van der Waals surface area contributed by atoms with E-state index in [0.29, 0.717) is 30.8 Å². The van der Waals surface area contributed by atoms with Gasteiger partial charge in [0.15, 0.2) is 0 Å². The molecule has 8 nitrogen and oxygen atoms in total. The second kappa shape index (κ2) is 23.9. The second-order valence-corrected chi connectivity index (χ2v) is 9.84. The Morgan fingerprint density at radius 1 is 0.771 bits per heavy atom. The number of thioether (sulfide) groups is 1. The summed E-state index contributed by atoms with van der Waals surface area (Å²) in [5.41, 5.74) is 0. The number of unbranched alkanes of at least 4 members (excludes halogenated alkanes) is 8. The van der Waals surface area contributed by atoms with Crippen LogP contribution in [0, 0.1) is 0 Å². The van der Waals surface area contributed by atoms with Crippen LogP contribution in [0.2, 0.25) is 0 Å². The Morgan fingerprint density at radius 2 is 1.43 bits per heavy atom. The first-order valence-electron chi connectivity index (χ1n) is 13.2. The molecule has 0 aliphatic carbocycles. The highest BCUT2D eigenvalue weighted by molar-refractivity contribution is 7.99. The second-order valence-electron chi connectivity index (χ2n) is 8.62. The van der Waals surface area contributed by atoms with Crippen molar-refractivity contribution in [2.24, 2.45) is 0 Å². The van der Waals surface area contributed by atoms with Crippen LogP contribution >= 0.6 is 11.8 Å². The van der Waals surface area contributed by atoms with Gasteiger partial charge in [0.1, 0.15) is 19.3 Å². The smallest absolute Gasteiger partial charge is 0.325 e. The number of amides is 1. The quantitative estimate of drug-likeness (QED) is 0.115. The van der Waals surface area contributed by atoms with Gasteiger partial charge in [0.2, 0.25) is 5.91 Å². The minimum atomic E-state index is -0.491. The van der Waals surface area contributed by atoms with Gasteiger partial charge in [-0.3, -0.25) is 19.2 Å². The summed E-state index contributed by atoms with van der Waals surface area (Å²) in [6.07, 6.45) is 12.5. The maximum Gasteiger partial charge on any atom is 0.325 e. The van der Waals surface area contributed by atoms with Gasteiger partial charge < -0.3 is 19.5 Å². The highest BCUT2D eigenvalue weighted by Gasteiger charge is 2.19. The SMILES string of the molecule is CCCCCCCCCCCC(CC(=O)OCCSCCC(=O)NCC(=O)OC)OC(=O)CCC. The molecule has 0 heterocycles. The number of hydrogen-bond acceptors (Lipinski definition) is 8. The molecule has 0 spiro atoms. The van der Waals surface area contributed by atoms with Crippen LogP contribution in [-0.2, 0) is 33.4 Å². The molecular formula is C26H47NO7S. The molecule has 0 aliphatic rings. The van der Waals surface area contributed by atoms with Crippen LogP contribution < -0.4 is 5.32 Å². The third-order valence-corrected chi connectivity index (χ3v) is 6.35. The van der Waals surface area contributed by atoms with Crippen LogP contribution in [0.1, 0.15) is 104 Å². The standard InChI is InChI=1S/C26H47NO7S/c1-4-6-7-8-9-10-11-12-13-15-22(34-24(29)14-5-2)20-25(30)33-17-19-35-18-16-23(28)27-21-26(31)32-3/h22H,4-21H2,1-3H3,(H,27,28). The molecule has 0 aromatic carbocycles. The van der Waals surface area contributed by atoms with E-state index in [1.807, 2.05) is 6.92 Å². The molecule has 0 fully saturated rings. The predicted molar refractivity (Wildman–Crippen MR) is 139 cm³/mol. The number of ether oxygens (including phenoxy) is 3. The fourth-order valence-corrected chi connectivity index (χ4v) is 4.13. The zero-order valence-corrected chi connectivity index (χ0v) is 22.9. The highest BCUT2D eigenvalue weighted by Crippen LogP contribution is 2.15. The maximum atomic E-state index is 12.2. The normalized spacial score (nSPS) is 11.5. The molecule has 0 bridgehead atoms. The summed E-state index contributed by atoms with van der Waals surface area (Å²) in [5, 5.41) is 2.47. The molecule has 0 aliphatic heterocycles. The Morgan fingerprint density at radius 3 is 2.06 bits per heavy atom. The Labute approximate surface area is 216 Å². The van der Waals surface area contributed by atoms with Gasteiger partial charge in [-0.05, 0) is 19.3 Å². The fourth-order valence-electron chi connectivity index (χ4n) is 3.39. The molecule has 1 amide bonds. The molecule has 1 N–H and O–H groups in total. The number of methoxy groups -OCH3 is 1. The van der Waals surface area contributed by atoms with E-state index in [4.69, 9.17) is 9.47 Å². The molecule has 35 heavy (non-hydrogen) atoms. The molecule has 0 aromatic rings. The van der Waals surface area contributed by atoms with Gasteiger partial charge in [-0.1, -0.05) is 65.2 Å². The van der Waals surface area contributed by atoms with Gasteiger partial charge in [-0.15, -0.1) is 0 Å². The lowest BCUT2D eigenvalue weighted by Crippen LogP contribution is -2.30. The van der Waals surface area contributed by atoms with Crippen LogP contribution in [0.25, 0.3) is 0 Å². The summed E-state index contributed by atoms with van der Waals surface area (Å²) >= 11 is 1.49. The molecule has 0 saturated heterocycles. The largest absolute Gasteiger partial charge is 0.468 e. The Balaban J connectivity index is 4.05. The lowest BCUT2D eigenvalue weighted by molar-refractivity contribution is -0.155. The summed E-state index contributed by atoms with van der Waals surface area (Å²) in [5.74, 6) is -0.231. The van der Waals surface area contributed by atoms with E-state index < -0.39 is 12.1 Å². The molecule has 204 valence electrons. The van der Waals surface area contributed by atoms with E-state index in [0.717, 1.165) is 12.8 Å². The first-order chi connectivity index (χ1) is 16.9. The summed E-state index contributed by atoms with van der Waals surface area (Å²) in [6.45, 7) is 4.24. The van der Waals surface area contributed by atoms with Crippen molar-refractivity contribution in [2.75, 3.05) is 31.8 Å². The summed E-state index contributed by atoms with van der Waals surface area (Å²) in [7, 11) is 1.26. The molecule has 1 atom stereocenters. The molecule has 9 heteroatoms. The van der Waals surface area contributed by atoms with Gasteiger partial charge in [0.05, 0.1) is 13.5 Å². The van der Waals surface area contributed by atoms with Crippen LogP contribution in [0.4, 0.5) is 0 Å². The van der Waals surface area contributed by atoms with Crippen molar-refractivity contribution in [1.82, 2.24) is 5.32 Å². The summed E-state index contributed by atoms with van der Waals surface area (Å²) < 4.78 is 15.3. The van der Waals surface area contributed by atoms with Crippen molar-refractivity contribution in [3.63, 3.8) is 0 Å². The van der Waals surface area contributed by atoms with E-state index in [1.54, 1.807) is 0 Å². The first kappa shape index (κ1) is 33.2. The average Bonchev–Trinajstić information content (AvgIpc) is 2.83. The van der Waals surface area contributed by atoms with E-state index in [9.17, 15) is 19.2 Å². The Kier molecular flexibility index (Phi) is 22.7. The van der Waals surface area contributed by atoms with Crippen molar-refractivity contribution >= 4 is 35.6 Å². The maximum absolute atomic E-state index is 12.2. The molecule has 0 saturated carbocycles. The number of carbonyl (C=O) groups excluding carboxylic acids is 4. The van der Waals surface area contributed by atoms with Crippen molar-refractivity contribution in [3.8, 4) is 0 Å². The van der Waals surface area contributed by atoms with Crippen LogP contribution in [0.3, 0.4) is 0 Å². The predicted octanol–water partition coefficient (Wildman–Crippen LogP) is 4.97. The van der Waals surface area contributed by atoms with Gasteiger partial charge in [-0.25, -0.2) is 0 Å². The highest BCUT2D eigenvalue weighted by atomic mass is 32.2. The molecular weight excluding hydrogens is 470 g/mol.